The molecule has 220 valence electrons. The first kappa shape index (κ1) is 29.7. The Kier molecular flexibility index (Phi) is 10.1. The van der Waals surface area contributed by atoms with E-state index in [1.54, 1.807) is 13.4 Å². The van der Waals surface area contributed by atoms with Crippen LogP contribution in [-0.2, 0) is 32.1 Å². The summed E-state index contributed by atoms with van der Waals surface area (Å²) < 4.78 is 17.1. The van der Waals surface area contributed by atoms with Crippen molar-refractivity contribution in [2.75, 3.05) is 44.9 Å². The second kappa shape index (κ2) is 13.9. The molecule has 0 radical (unpaired) electrons. The molecule has 0 unspecified atom stereocenters. The Morgan fingerprint density at radius 1 is 1.02 bits per heavy atom. The first-order valence-electron chi connectivity index (χ1n) is 13.5. The molecule has 3 aliphatic rings. The molecule has 0 bridgehead atoms. The van der Waals surface area contributed by atoms with Gasteiger partial charge in [-0.15, -0.1) is 0 Å². The van der Waals surface area contributed by atoms with Crippen LogP contribution in [0.3, 0.4) is 0 Å². The highest BCUT2D eigenvalue weighted by atomic mass is 16.5. The Bertz CT molecular complexity index is 1260. The number of rotatable bonds is 7. The third kappa shape index (κ3) is 7.91. The Labute approximate surface area is 237 Å². The van der Waals surface area contributed by atoms with E-state index < -0.39 is 11.9 Å². The van der Waals surface area contributed by atoms with E-state index in [0.29, 0.717) is 50.2 Å². The lowest BCUT2D eigenvalue weighted by molar-refractivity contribution is -0.137. The van der Waals surface area contributed by atoms with Gasteiger partial charge in [0.25, 0.3) is 0 Å². The summed E-state index contributed by atoms with van der Waals surface area (Å²) in [5.41, 5.74) is 4.10. The molecule has 1 amide bonds. The van der Waals surface area contributed by atoms with Crippen molar-refractivity contribution in [2.45, 2.75) is 45.3 Å². The van der Waals surface area contributed by atoms with Crippen molar-refractivity contribution in [3.63, 3.8) is 0 Å². The summed E-state index contributed by atoms with van der Waals surface area (Å²) >= 11 is 0. The number of hydrogen-bond donors (Lipinski definition) is 2. The van der Waals surface area contributed by atoms with E-state index in [0.717, 1.165) is 61.3 Å². The SMILES string of the molecule is COc1ncc(N2CCc3ncnc(O[C@H]4CCN(C(=O)C5CCOCC5)C4)c3C2)cc1C.O=C(O)/C=C/C(=O)O. The lowest BCUT2D eigenvalue weighted by Crippen LogP contribution is -2.38. The molecule has 0 aromatic carbocycles. The summed E-state index contributed by atoms with van der Waals surface area (Å²) in [6.45, 7) is 6.22. The molecule has 0 saturated carbocycles. The molecule has 0 spiro atoms. The number of hydrogen-bond acceptors (Lipinski definition) is 10. The maximum Gasteiger partial charge on any atom is 0.328 e. The normalized spacial score (nSPS) is 18.8. The van der Waals surface area contributed by atoms with E-state index in [-0.39, 0.29) is 17.9 Å². The van der Waals surface area contributed by atoms with Gasteiger partial charge in [0.15, 0.2) is 0 Å². The van der Waals surface area contributed by atoms with Gasteiger partial charge in [0.2, 0.25) is 17.7 Å². The molecule has 41 heavy (non-hydrogen) atoms. The van der Waals surface area contributed by atoms with Crippen molar-refractivity contribution in [1.29, 1.82) is 0 Å². The minimum Gasteiger partial charge on any atom is -0.481 e. The van der Waals surface area contributed by atoms with Crippen molar-refractivity contribution < 1.29 is 38.8 Å². The van der Waals surface area contributed by atoms with Crippen LogP contribution < -0.4 is 14.4 Å². The van der Waals surface area contributed by atoms with E-state index in [4.69, 9.17) is 24.4 Å². The Morgan fingerprint density at radius 2 is 1.76 bits per heavy atom. The van der Waals surface area contributed by atoms with Gasteiger partial charge in [0.05, 0.1) is 43.3 Å². The second-order valence-corrected chi connectivity index (χ2v) is 10.0. The average Bonchev–Trinajstić information content (AvgIpc) is 3.45. The Morgan fingerprint density at radius 3 is 2.41 bits per heavy atom. The van der Waals surface area contributed by atoms with Crippen LogP contribution in [0.2, 0.25) is 0 Å². The summed E-state index contributed by atoms with van der Waals surface area (Å²) in [7, 11) is 1.63. The number of likely N-dealkylation sites (tertiary alicyclic amines) is 1. The first-order chi connectivity index (χ1) is 19.7. The lowest BCUT2D eigenvalue weighted by Gasteiger charge is -2.31. The van der Waals surface area contributed by atoms with Crippen LogP contribution in [0.25, 0.3) is 0 Å². The molecule has 13 heteroatoms. The Hall–Kier alpha value is -4.26. The zero-order valence-corrected chi connectivity index (χ0v) is 23.2. The zero-order valence-electron chi connectivity index (χ0n) is 23.2. The van der Waals surface area contributed by atoms with Gasteiger partial charge in [-0.25, -0.2) is 24.5 Å². The highest BCUT2D eigenvalue weighted by Gasteiger charge is 2.34. The fourth-order valence-corrected chi connectivity index (χ4v) is 5.10. The van der Waals surface area contributed by atoms with E-state index >= 15 is 0 Å². The molecule has 2 N–H and O–H groups in total. The predicted octanol–water partition coefficient (Wildman–Crippen LogP) is 1.87. The van der Waals surface area contributed by atoms with Crippen molar-refractivity contribution in [1.82, 2.24) is 19.9 Å². The fourth-order valence-electron chi connectivity index (χ4n) is 5.10. The zero-order chi connectivity index (χ0) is 29.4. The largest absolute Gasteiger partial charge is 0.481 e. The maximum atomic E-state index is 12.9. The minimum atomic E-state index is -1.26. The number of aliphatic carboxylic acids is 2. The number of anilines is 1. The van der Waals surface area contributed by atoms with Crippen LogP contribution in [0, 0.1) is 12.8 Å². The van der Waals surface area contributed by atoms with Gasteiger partial charge < -0.3 is 34.2 Å². The number of ether oxygens (including phenoxy) is 3. The number of amides is 1. The van der Waals surface area contributed by atoms with Crippen molar-refractivity contribution in [2.24, 2.45) is 5.92 Å². The summed E-state index contributed by atoms with van der Waals surface area (Å²) in [5, 5.41) is 15.6. The molecule has 5 heterocycles. The highest BCUT2D eigenvalue weighted by molar-refractivity contribution is 5.89. The number of aryl methyl sites for hydroxylation is 1. The third-order valence-corrected chi connectivity index (χ3v) is 7.21. The molecule has 5 rings (SSSR count). The van der Waals surface area contributed by atoms with E-state index in [1.807, 2.05) is 18.0 Å². The van der Waals surface area contributed by atoms with Gasteiger partial charge in [0.1, 0.15) is 12.4 Å². The van der Waals surface area contributed by atoms with Gasteiger partial charge in [-0.05, 0) is 25.8 Å². The average molecular weight is 570 g/mol. The standard InChI is InChI=1S/C24H31N5O4.C4H4O4/c1-16-11-18(12-25-22(16)31-2)28-8-4-21-20(14-28)23(27-15-26-21)33-19-3-7-29(13-19)24(30)17-5-9-32-10-6-17;5-3(6)1-2-4(7)8/h11-12,15,17,19H,3-10,13-14H2,1-2H3;1-2H,(H,5,6)(H,7,8)/b;2-1+/t19-;/m0./s1. The van der Waals surface area contributed by atoms with Crippen molar-refractivity contribution >= 4 is 23.5 Å². The lowest BCUT2D eigenvalue weighted by atomic mass is 9.99. The number of aromatic nitrogens is 3. The van der Waals surface area contributed by atoms with Crippen LogP contribution >= 0.6 is 0 Å². The number of carboxylic acid groups (broad SMARTS) is 2. The van der Waals surface area contributed by atoms with Crippen LogP contribution in [0.1, 0.15) is 36.1 Å². The van der Waals surface area contributed by atoms with Gasteiger partial charge >= 0.3 is 11.9 Å². The molecule has 13 nitrogen and oxygen atoms in total. The molecule has 1 atom stereocenters. The molecule has 0 aliphatic carbocycles. The van der Waals surface area contributed by atoms with Crippen molar-refractivity contribution in [3.05, 3.63) is 47.6 Å². The van der Waals surface area contributed by atoms with Gasteiger partial charge in [0, 0.05) is 62.8 Å². The third-order valence-electron chi connectivity index (χ3n) is 7.21. The minimum absolute atomic E-state index is 0.0481. The molecule has 3 aliphatic heterocycles. The van der Waals surface area contributed by atoms with Crippen molar-refractivity contribution in [3.8, 4) is 11.8 Å². The monoisotopic (exact) mass is 569 g/mol. The highest BCUT2D eigenvalue weighted by Crippen LogP contribution is 2.31. The Balaban J connectivity index is 0.000000426. The van der Waals surface area contributed by atoms with E-state index in [2.05, 4.69) is 25.9 Å². The molecule has 2 aromatic heterocycles. The number of carbonyl (C=O) groups excluding carboxylic acids is 1. The topological polar surface area (TPSA) is 165 Å². The molecule has 2 aromatic rings. The summed E-state index contributed by atoms with van der Waals surface area (Å²) in [4.78, 5) is 49.6. The predicted molar refractivity (Wildman–Crippen MR) is 146 cm³/mol. The van der Waals surface area contributed by atoms with Crippen LogP contribution in [0.15, 0.2) is 30.7 Å². The summed E-state index contributed by atoms with van der Waals surface area (Å²) in [6.07, 6.45) is 7.77. The first-order valence-corrected chi connectivity index (χ1v) is 13.5. The molecular weight excluding hydrogens is 534 g/mol. The quantitative estimate of drug-likeness (QED) is 0.466. The number of pyridine rings is 1. The van der Waals surface area contributed by atoms with Crippen LogP contribution in [0.4, 0.5) is 5.69 Å². The van der Waals surface area contributed by atoms with Crippen LogP contribution in [-0.4, -0.2) is 94.0 Å². The maximum absolute atomic E-state index is 12.9. The second-order valence-electron chi connectivity index (χ2n) is 10.0. The van der Waals surface area contributed by atoms with Crippen LogP contribution in [0.5, 0.6) is 11.8 Å². The van der Waals surface area contributed by atoms with Gasteiger partial charge in [-0.1, -0.05) is 0 Å². The molecular formula is C28H35N5O8. The number of carbonyl (C=O) groups is 3. The molecule has 2 fully saturated rings. The number of nitrogens with zero attached hydrogens (tertiary/aromatic N) is 5. The smallest absolute Gasteiger partial charge is 0.328 e. The molecule has 2 saturated heterocycles. The van der Waals surface area contributed by atoms with Gasteiger partial charge in [-0.3, -0.25) is 4.79 Å². The van der Waals surface area contributed by atoms with E-state index in [1.165, 1.54) is 0 Å². The summed E-state index contributed by atoms with van der Waals surface area (Å²) in [5.74, 6) is -0.917. The van der Waals surface area contributed by atoms with E-state index in [9.17, 15) is 14.4 Å². The number of carboxylic acids is 2. The fraction of sp³-hybridized carbons (Fsp3) is 0.500. The summed E-state index contributed by atoms with van der Waals surface area (Å²) in [6, 6.07) is 2.10. The number of fused-ring (bicyclic) bond motifs is 1. The number of methoxy groups -OCH3 is 1. The van der Waals surface area contributed by atoms with Gasteiger partial charge in [-0.2, -0.15) is 0 Å².